The molecule has 2 atom stereocenters. The van der Waals surface area contributed by atoms with Crippen LogP contribution in [0.5, 0.6) is 0 Å². The SMILES string of the molecule is Cc1nc(NC(c2cc(F)cc(Cl)c2)c2nc([S@](C)(=N)=O)c(C)[nH]2)ccc1F. The Morgan fingerprint density at radius 1 is 1.21 bits per heavy atom. The van der Waals surface area contributed by atoms with Gasteiger partial charge in [0.05, 0.1) is 15.4 Å². The highest BCUT2D eigenvalue weighted by atomic mass is 35.5. The molecule has 0 radical (unpaired) electrons. The summed E-state index contributed by atoms with van der Waals surface area (Å²) in [6, 6.07) is 5.97. The summed E-state index contributed by atoms with van der Waals surface area (Å²) in [6.45, 7) is 3.18. The van der Waals surface area contributed by atoms with Gasteiger partial charge >= 0.3 is 0 Å². The number of benzene rings is 1. The Hall–Kier alpha value is -2.52. The van der Waals surface area contributed by atoms with E-state index in [-0.39, 0.29) is 15.7 Å². The standard InChI is InChI=1S/C18H18ClF2N5OS/c1-9-14(21)4-5-15(23-9)25-16(11-6-12(19)8-13(20)7-11)17-24-10(2)18(26-17)28(3,22)27/h4-8,16,22H,1-3H3,(H,23,25)(H,24,26)/t16?,28-/m1/s1. The Kier molecular flexibility index (Phi) is 5.40. The summed E-state index contributed by atoms with van der Waals surface area (Å²) < 4.78 is 47.5. The number of aromatic amines is 1. The second-order valence-electron chi connectivity index (χ2n) is 6.44. The zero-order chi connectivity index (χ0) is 20.6. The zero-order valence-electron chi connectivity index (χ0n) is 15.3. The number of rotatable bonds is 5. The molecular formula is C18H18ClF2N5OS. The molecule has 2 heterocycles. The van der Waals surface area contributed by atoms with Crippen LogP contribution in [0.25, 0.3) is 0 Å². The molecule has 0 bridgehead atoms. The quantitative estimate of drug-likeness (QED) is 0.557. The second-order valence-corrected chi connectivity index (χ2v) is 8.95. The lowest BCUT2D eigenvalue weighted by Crippen LogP contribution is -2.16. The predicted octanol–water partition coefficient (Wildman–Crippen LogP) is 4.59. The van der Waals surface area contributed by atoms with Crippen LogP contribution in [-0.4, -0.2) is 25.4 Å². The van der Waals surface area contributed by atoms with Crippen molar-refractivity contribution in [2.24, 2.45) is 0 Å². The van der Waals surface area contributed by atoms with Gasteiger partial charge in [0, 0.05) is 17.0 Å². The van der Waals surface area contributed by atoms with Gasteiger partial charge in [-0.3, -0.25) is 0 Å². The number of H-pyrrole nitrogens is 1. The van der Waals surface area contributed by atoms with Gasteiger partial charge in [-0.1, -0.05) is 11.6 Å². The first-order chi connectivity index (χ1) is 13.0. The van der Waals surface area contributed by atoms with Crippen LogP contribution in [0.3, 0.4) is 0 Å². The maximum atomic E-state index is 13.9. The first-order valence-electron chi connectivity index (χ1n) is 8.20. The fraction of sp³-hybridized carbons (Fsp3) is 0.222. The van der Waals surface area contributed by atoms with Gasteiger partial charge in [0.25, 0.3) is 0 Å². The molecule has 0 amide bonds. The lowest BCUT2D eigenvalue weighted by Gasteiger charge is -2.19. The molecule has 10 heteroatoms. The van der Waals surface area contributed by atoms with Gasteiger partial charge in [-0.15, -0.1) is 0 Å². The number of halogens is 3. The number of aryl methyl sites for hydroxylation is 2. The minimum Gasteiger partial charge on any atom is -0.356 e. The summed E-state index contributed by atoms with van der Waals surface area (Å²) in [5, 5.41) is 3.37. The summed E-state index contributed by atoms with van der Waals surface area (Å²) >= 11 is 6.00. The molecule has 28 heavy (non-hydrogen) atoms. The molecule has 0 fully saturated rings. The number of nitrogens with one attached hydrogen (secondary N) is 3. The topological polar surface area (TPSA) is 94.5 Å². The van der Waals surface area contributed by atoms with Crippen LogP contribution in [0, 0.1) is 30.3 Å². The molecule has 6 nitrogen and oxygen atoms in total. The van der Waals surface area contributed by atoms with Crippen LogP contribution in [0.1, 0.15) is 28.8 Å². The molecule has 0 spiro atoms. The van der Waals surface area contributed by atoms with Crippen molar-refractivity contribution in [3.05, 3.63) is 69.8 Å². The molecule has 0 saturated heterocycles. The van der Waals surface area contributed by atoms with Crippen molar-refractivity contribution >= 4 is 27.1 Å². The largest absolute Gasteiger partial charge is 0.356 e. The average Bonchev–Trinajstić information content (AvgIpc) is 2.96. The summed E-state index contributed by atoms with van der Waals surface area (Å²) in [5.74, 6) is -0.351. The smallest absolute Gasteiger partial charge is 0.156 e. The fourth-order valence-corrected chi connectivity index (χ4v) is 3.94. The molecule has 0 aliphatic heterocycles. The third kappa shape index (κ3) is 4.31. The lowest BCUT2D eigenvalue weighted by molar-refractivity contribution is 0.609. The average molecular weight is 426 g/mol. The number of hydrogen-bond acceptors (Lipinski definition) is 5. The monoisotopic (exact) mass is 425 g/mol. The molecule has 1 aromatic carbocycles. The van der Waals surface area contributed by atoms with Gasteiger partial charge in [-0.25, -0.2) is 27.7 Å². The van der Waals surface area contributed by atoms with Crippen molar-refractivity contribution in [3.8, 4) is 0 Å². The van der Waals surface area contributed by atoms with Crippen LogP contribution in [-0.2, 0) is 9.73 Å². The summed E-state index contributed by atoms with van der Waals surface area (Å²) in [6.07, 6.45) is 1.27. The highest BCUT2D eigenvalue weighted by molar-refractivity contribution is 7.91. The summed E-state index contributed by atoms with van der Waals surface area (Å²) in [7, 11) is -3.07. The van der Waals surface area contributed by atoms with Crippen molar-refractivity contribution in [1.29, 1.82) is 4.78 Å². The first kappa shape index (κ1) is 20.2. The Bertz CT molecular complexity index is 1130. The molecular weight excluding hydrogens is 408 g/mol. The Morgan fingerprint density at radius 2 is 1.93 bits per heavy atom. The molecule has 1 unspecified atom stereocenters. The first-order valence-corrected chi connectivity index (χ1v) is 10.5. The van der Waals surface area contributed by atoms with E-state index in [4.69, 9.17) is 16.4 Å². The second kappa shape index (κ2) is 7.48. The zero-order valence-corrected chi connectivity index (χ0v) is 16.9. The number of pyridine rings is 1. The van der Waals surface area contributed by atoms with Crippen LogP contribution >= 0.6 is 11.6 Å². The molecule has 0 aliphatic rings. The van der Waals surface area contributed by atoms with E-state index in [2.05, 4.69) is 20.3 Å². The van der Waals surface area contributed by atoms with Crippen LogP contribution in [0.15, 0.2) is 35.4 Å². The maximum absolute atomic E-state index is 13.9. The van der Waals surface area contributed by atoms with E-state index in [1.165, 1.54) is 37.4 Å². The third-order valence-corrected chi connectivity index (χ3v) is 5.39. The van der Waals surface area contributed by atoms with Gasteiger partial charge in [-0.2, -0.15) is 0 Å². The van der Waals surface area contributed by atoms with E-state index in [1.807, 2.05) is 0 Å². The molecule has 3 rings (SSSR count). The normalized spacial score (nSPS) is 14.5. The molecule has 3 aromatic rings. The summed E-state index contributed by atoms with van der Waals surface area (Å²) in [4.78, 5) is 11.4. The van der Waals surface area contributed by atoms with Crippen molar-refractivity contribution in [2.45, 2.75) is 24.9 Å². The number of nitrogens with zero attached hydrogens (tertiary/aromatic N) is 2. The van der Waals surface area contributed by atoms with Gasteiger partial charge in [0.15, 0.2) is 5.03 Å². The van der Waals surface area contributed by atoms with Crippen molar-refractivity contribution in [3.63, 3.8) is 0 Å². The Morgan fingerprint density at radius 3 is 2.50 bits per heavy atom. The molecule has 3 N–H and O–H groups in total. The van der Waals surface area contributed by atoms with E-state index in [1.54, 1.807) is 13.0 Å². The van der Waals surface area contributed by atoms with E-state index < -0.39 is 27.4 Å². The van der Waals surface area contributed by atoms with Gasteiger partial charge in [0.1, 0.15) is 29.3 Å². The van der Waals surface area contributed by atoms with E-state index in [0.717, 1.165) is 0 Å². The van der Waals surface area contributed by atoms with Crippen molar-refractivity contribution < 1.29 is 13.0 Å². The van der Waals surface area contributed by atoms with Gasteiger partial charge in [-0.05, 0) is 49.7 Å². The van der Waals surface area contributed by atoms with Crippen LogP contribution in [0.2, 0.25) is 5.02 Å². The maximum Gasteiger partial charge on any atom is 0.156 e. The van der Waals surface area contributed by atoms with E-state index in [0.29, 0.717) is 22.9 Å². The van der Waals surface area contributed by atoms with Crippen molar-refractivity contribution in [1.82, 2.24) is 15.0 Å². The molecule has 2 aromatic heterocycles. The minimum atomic E-state index is -3.07. The van der Waals surface area contributed by atoms with Gasteiger partial charge in [0.2, 0.25) is 0 Å². The number of imidazole rings is 1. The van der Waals surface area contributed by atoms with Gasteiger partial charge < -0.3 is 10.3 Å². The lowest BCUT2D eigenvalue weighted by atomic mass is 10.1. The minimum absolute atomic E-state index is 0.111. The predicted molar refractivity (Wildman–Crippen MR) is 104 cm³/mol. The molecule has 148 valence electrons. The highest BCUT2D eigenvalue weighted by Crippen LogP contribution is 2.29. The molecule has 0 saturated carbocycles. The Labute approximate surface area is 166 Å². The third-order valence-electron chi connectivity index (χ3n) is 4.03. The number of hydrogen-bond donors (Lipinski definition) is 3. The Balaban J connectivity index is 2.12. The van der Waals surface area contributed by atoms with Crippen LogP contribution in [0.4, 0.5) is 14.6 Å². The highest BCUT2D eigenvalue weighted by Gasteiger charge is 2.23. The number of anilines is 1. The molecule has 0 aliphatic carbocycles. The van der Waals surface area contributed by atoms with E-state index >= 15 is 0 Å². The summed E-state index contributed by atoms with van der Waals surface area (Å²) in [5.41, 5.74) is 1.09. The van der Waals surface area contributed by atoms with E-state index in [9.17, 15) is 13.0 Å². The fourth-order valence-electron chi connectivity index (χ4n) is 2.81. The van der Waals surface area contributed by atoms with Crippen molar-refractivity contribution in [2.75, 3.05) is 11.6 Å². The van der Waals surface area contributed by atoms with Crippen LogP contribution < -0.4 is 5.32 Å². The number of aromatic nitrogens is 3.